The van der Waals surface area contributed by atoms with Crippen LogP contribution >= 0.6 is 0 Å². The van der Waals surface area contributed by atoms with E-state index < -0.39 is 0 Å². The predicted molar refractivity (Wildman–Crippen MR) is 120 cm³/mol. The summed E-state index contributed by atoms with van der Waals surface area (Å²) in [7, 11) is 0. The molecule has 0 spiro atoms. The monoisotopic (exact) mass is 407 g/mol. The molecule has 2 fully saturated rings. The lowest BCUT2D eigenvalue weighted by Gasteiger charge is -2.38. The molecule has 0 saturated heterocycles. The number of aromatic hydroxyl groups is 1. The summed E-state index contributed by atoms with van der Waals surface area (Å²) >= 11 is 0. The van der Waals surface area contributed by atoms with Crippen LogP contribution in [0.3, 0.4) is 0 Å². The van der Waals surface area contributed by atoms with E-state index in [1.54, 1.807) is 12.1 Å². The van der Waals surface area contributed by atoms with Gasteiger partial charge in [0.1, 0.15) is 11.9 Å². The quantitative estimate of drug-likeness (QED) is 0.588. The zero-order chi connectivity index (χ0) is 21.0. The van der Waals surface area contributed by atoms with E-state index in [-0.39, 0.29) is 17.6 Å². The molecule has 30 heavy (non-hydrogen) atoms. The third-order valence-electron chi connectivity index (χ3n) is 7.05. The fourth-order valence-corrected chi connectivity index (χ4v) is 5.20. The molecule has 2 aliphatic rings. The van der Waals surface area contributed by atoms with Gasteiger partial charge >= 0.3 is 6.09 Å². The first kappa shape index (κ1) is 20.8. The molecular weight excluding hydrogens is 374 g/mol. The van der Waals surface area contributed by atoms with Crippen molar-refractivity contribution in [3.05, 3.63) is 59.7 Å². The molecule has 0 aliphatic heterocycles. The first-order valence-electron chi connectivity index (χ1n) is 11.4. The van der Waals surface area contributed by atoms with Gasteiger partial charge in [-0.05, 0) is 79.8 Å². The normalized spacial score (nSPS) is 23.5. The number of phenols is 1. The lowest BCUT2D eigenvalue weighted by molar-refractivity contribution is 0.0765. The highest BCUT2D eigenvalue weighted by Gasteiger charge is 2.35. The summed E-state index contributed by atoms with van der Waals surface area (Å²) < 4.78 is 5.62. The molecule has 2 aliphatic carbocycles. The van der Waals surface area contributed by atoms with Gasteiger partial charge in [0, 0.05) is 11.1 Å². The van der Waals surface area contributed by atoms with Crippen molar-refractivity contribution in [2.75, 3.05) is 5.32 Å². The van der Waals surface area contributed by atoms with Crippen LogP contribution in [0, 0.1) is 5.92 Å². The largest absolute Gasteiger partial charge is 0.508 e. The Morgan fingerprint density at radius 1 is 0.900 bits per heavy atom. The summed E-state index contributed by atoms with van der Waals surface area (Å²) in [6.45, 7) is 2.26. The van der Waals surface area contributed by atoms with E-state index in [1.165, 1.54) is 30.4 Å². The zero-order valence-electron chi connectivity index (χ0n) is 17.9. The van der Waals surface area contributed by atoms with Crippen molar-refractivity contribution in [2.24, 2.45) is 5.92 Å². The number of anilines is 1. The van der Waals surface area contributed by atoms with Gasteiger partial charge in [0.15, 0.2) is 0 Å². The van der Waals surface area contributed by atoms with Crippen molar-refractivity contribution in [1.29, 1.82) is 0 Å². The van der Waals surface area contributed by atoms with Gasteiger partial charge in [-0.25, -0.2) is 4.79 Å². The second-order valence-electron chi connectivity index (χ2n) is 9.18. The molecule has 0 bridgehead atoms. The molecule has 4 heteroatoms. The second-order valence-corrected chi connectivity index (χ2v) is 9.18. The lowest BCUT2D eigenvalue weighted by atomic mass is 9.65. The van der Waals surface area contributed by atoms with E-state index in [2.05, 4.69) is 36.5 Å². The maximum Gasteiger partial charge on any atom is 0.411 e. The number of nitrogens with one attached hydrogen (secondary N) is 1. The molecule has 0 radical (unpaired) electrons. The van der Waals surface area contributed by atoms with Crippen LogP contribution in [-0.2, 0) is 10.2 Å². The van der Waals surface area contributed by atoms with Crippen LogP contribution in [0.25, 0.3) is 0 Å². The third kappa shape index (κ3) is 4.63. The summed E-state index contributed by atoms with van der Waals surface area (Å²) in [6, 6.07) is 15.9. The fraction of sp³-hybridized carbons (Fsp3) is 0.500. The van der Waals surface area contributed by atoms with Crippen molar-refractivity contribution >= 4 is 11.8 Å². The Morgan fingerprint density at radius 2 is 1.47 bits per heavy atom. The van der Waals surface area contributed by atoms with Gasteiger partial charge in [0.25, 0.3) is 0 Å². The molecule has 0 aromatic heterocycles. The van der Waals surface area contributed by atoms with E-state index in [1.807, 2.05) is 12.1 Å². The first-order chi connectivity index (χ1) is 14.5. The van der Waals surface area contributed by atoms with Crippen molar-refractivity contribution in [3.8, 4) is 5.75 Å². The number of hydrogen-bond donors (Lipinski definition) is 2. The topological polar surface area (TPSA) is 58.6 Å². The molecule has 2 aromatic rings. The Labute approximate surface area is 179 Å². The minimum atomic E-state index is -0.354. The van der Waals surface area contributed by atoms with Crippen LogP contribution in [0.1, 0.15) is 75.8 Å². The Balaban J connectivity index is 1.45. The molecule has 4 nitrogen and oxygen atoms in total. The van der Waals surface area contributed by atoms with E-state index >= 15 is 0 Å². The van der Waals surface area contributed by atoms with Crippen LogP contribution in [-0.4, -0.2) is 17.3 Å². The average Bonchev–Trinajstić information content (AvgIpc) is 2.77. The molecule has 160 valence electrons. The van der Waals surface area contributed by atoms with Crippen molar-refractivity contribution in [1.82, 2.24) is 0 Å². The first-order valence-corrected chi connectivity index (χ1v) is 11.4. The maximum atomic E-state index is 12.3. The van der Waals surface area contributed by atoms with Crippen molar-refractivity contribution in [2.45, 2.75) is 76.2 Å². The van der Waals surface area contributed by atoms with E-state index in [9.17, 15) is 9.90 Å². The minimum Gasteiger partial charge on any atom is -0.508 e. The second kappa shape index (κ2) is 9.11. The molecule has 4 rings (SSSR count). The number of carbonyl (C=O) groups excluding carboxylic acids is 1. The summed E-state index contributed by atoms with van der Waals surface area (Å²) in [6.07, 6.45) is 9.75. The SMILES string of the molecule is CC1CCC(OC(=O)Nc2ccc(C3(c4ccc(O)cc4)CCCCC3)cc2)CC1. The zero-order valence-corrected chi connectivity index (χ0v) is 17.9. The van der Waals surface area contributed by atoms with E-state index in [4.69, 9.17) is 4.74 Å². The van der Waals surface area contributed by atoms with Crippen LogP contribution in [0.4, 0.5) is 10.5 Å². The molecular formula is C26H33NO3. The summed E-state index contributed by atoms with van der Waals surface area (Å²) in [5.41, 5.74) is 3.27. The number of amides is 1. The van der Waals surface area contributed by atoms with Crippen LogP contribution in [0.15, 0.2) is 48.5 Å². The number of ether oxygens (including phenoxy) is 1. The van der Waals surface area contributed by atoms with E-state index in [0.717, 1.165) is 50.1 Å². The molecule has 2 N–H and O–H groups in total. The van der Waals surface area contributed by atoms with Crippen molar-refractivity contribution in [3.63, 3.8) is 0 Å². The predicted octanol–water partition coefficient (Wildman–Crippen LogP) is 6.77. The van der Waals surface area contributed by atoms with Crippen LogP contribution < -0.4 is 5.32 Å². The van der Waals surface area contributed by atoms with Gasteiger partial charge in [-0.2, -0.15) is 0 Å². The Morgan fingerprint density at radius 3 is 2.07 bits per heavy atom. The standard InChI is InChI=1S/C26H33NO3/c1-19-5-15-24(16-6-19)30-25(29)27-22-11-7-20(8-12-22)26(17-3-2-4-18-26)21-9-13-23(28)14-10-21/h7-14,19,24,28H,2-6,15-18H2,1H3,(H,27,29). The van der Waals surface area contributed by atoms with Gasteiger partial charge in [-0.3, -0.25) is 5.32 Å². The number of benzene rings is 2. The molecule has 1 amide bonds. The molecule has 0 unspecified atom stereocenters. The highest BCUT2D eigenvalue weighted by molar-refractivity contribution is 5.84. The van der Waals surface area contributed by atoms with Gasteiger partial charge in [-0.15, -0.1) is 0 Å². The molecule has 2 aromatic carbocycles. The molecule has 2 saturated carbocycles. The van der Waals surface area contributed by atoms with Gasteiger partial charge < -0.3 is 9.84 Å². The summed E-state index contributed by atoms with van der Waals surface area (Å²) in [4.78, 5) is 12.3. The van der Waals surface area contributed by atoms with Crippen LogP contribution in [0.5, 0.6) is 5.75 Å². The fourth-order valence-electron chi connectivity index (χ4n) is 5.20. The molecule has 0 atom stereocenters. The van der Waals surface area contributed by atoms with Crippen LogP contribution in [0.2, 0.25) is 0 Å². The van der Waals surface area contributed by atoms with Gasteiger partial charge in [0.05, 0.1) is 0 Å². The van der Waals surface area contributed by atoms with Gasteiger partial charge in [-0.1, -0.05) is 50.5 Å². The third-order valence-corrected chi connectivity index (χ3v) is 7.05. The number of carbonyl (C=O) groups is 1. The number of phenolic OH excluding ortho intramolecular Hbond substituents is 1. The highest BCUT2D eigenvalue weighted by atomic mass is 16.6. The smallest absolute Gasteiger partial charge is 0.411 e. The Bertz CT molecular complexity index is 830. The number of rotatable bonds is 4. The highest BCUT2D eigenvalue weighted by Crippen LogP contribution is 2.45. The lowest BCUT2D eigenvalue weighted by Crippen LogP contribution is -2.30. The number of hydrogen-bond acceptors (Lipinski definition) is 3. The Kier molecular flexibility index (Phi) is 6.31. The van der Waals surface area contributed by atoms with Crippen molar-refractivity contribution < 1.29 is 14.6 Å². The maximum absolute atomic E-state index is 12.3. The summed E-state index contributed by atoms with van der Waals surface area (Å²) in [5, 5.41) is 12.6. The average molecular weight is 408 g/mol. The van der Waals surface area contributed by atoms with E-state index in [0.29, 0.717) is 5.75 Å². The summed E-state index contributed by atoms with van der Waals surface area (Å²) in [5.74, 6) is 1.04. The Hall–Kier alpha value is -2.49. The minimum absolute atomic E-state index is 0.0240. The van der Waals surface area contributed by atoms with Gasteiger partial charge in [0.2, 0.25) is 0 Å². The molecule has 0 heterocycles.